The van der Waals surface area contributed by atoms with Gasteiger partial charge in [-0.05, 0) is 50.9 Å². The summed E-state index contributed by atoms with van der Waals surface area (Å²) in [7, 11) is 1.69. The molecule has 3 rings (SSSR count). The van der Waals surface area contributed by atoms with Gasteiger partial charge in [-0.3, -0.25) is 4.79 Å². The summed E-state index contributed by atoms with van der Waals surface area (Å²) in [6.07, 6.45) is 3.86. The van der Waals surface area contributed by atoms with Gasteiger partial charge in [-0.25, -0.2) is 0 Å². The van der Waals surface area contributed by atoms with Gasteiger partial charge in [0.2, 0.25) is 5.91 Å². The van der Waals surface area contributed by atoms with Gasteiger partial charge in [0, 0.05) is 31.9 Å². The number of nitrogens with one attached hydrogen (secondary N) is 2. The number of carbonyl (C=O) groups is 1. The number of nitrogens with zero attached hydrogens (tertiary/aromatic N) is 1. The standard InChI is InChI=1S/C19H29N3O2.2ClH/c1-24-15-19(9-11-20-12-10-19)18(23)21-16-6-5-13-22(14-16)17-7-3-2-4-8-17;;/h2-4,7-8,16,20H,5-6,9-15H2,1H3,(H,21,23);2*1H. The molecular weight excluding hydrogens is 373 g/mol. The molecule has 0 radical (unpaired) electrons. The van der Waals surface area contributed by atoms with Gasteiger partial charge in [0.25, 0.3) is 0 Å². The Balaban J connectivity index is 0.00000169. The molecule has 1 atom stereocenters. The third kappa shape index (κ3) is 5.49. The summed E-state index contributed by atoms with van der Waals surface area (Å²) in [6, 6.07) is 10.7. The van der Waals surface area contributed by atoms with Crippen molar-refractivity contribution in [1.29, 1.82) is 0 Å². The molecule has 2 aliphatic heterocycles. The minimum Gasteiger partial charge on any atom is -0.384 e. The monoisotopic (exact) mass is 403 g/mol. The van der Waals surface area contributed by atoms with E-state index in [4.69, 9.17) is 4.74 Å². The average Bonchev–Trinajstić information content (AvgIpc) is 2.64. The number of halogens is 2. The van der Waals surface area contributed by atoms with Gasteiger partial charge in [0.05, 0.1) is 12.0 Å². The van der Waals surface area contributed by atoms with Gasteiger partial charge in [-0.15, -0.1) is 24.8 Å². The minimum absolute atomic E-state index is 0. The quantitative estimate of drug-likeness (QED) is 0.793. The lowest BCUT2D eigenvalue weighted by atomic mass is 9.78. The predicted molar refractivity (Wildman–Crippen MR) is 111 cm³/mol. The summed E-state index contributed by atoms with van der Waals surface area (Å²) in [5, 5.41) is 6.67. The molecule has 1 amide bonds. The van der Waals surface area contributed by atoms with Crippen LogP contribution >= 0.6 is 24.8 Å². The highest BCUT2D eigenvalue weighted by Crippen LogP contribution is 2.30. The van der Waals surface area contributed by atoms with Crippen LogP contribution in [0.3, 0.4) is 0 Å². The van der Waals surface area contributed by atoms with Crippen molar-refractivity contribution in [3.8, 4) is 0 Å². The largest absolute Gasteiger partial charge is 0.384 e. The number of anilines is 1. The molecule has 26 heavy (non-hydrogen) atoms. The highest BCUT2D eigenvalue weighted by atomic mass is 35.5. The van der Waals surface area contributed by atoms with Crippen LogP contribution in [0.15, 0.2) is 30.3 Å². The van der Waals surface area contributed by atoms with E-state index in [0.29, 0.717) is 6.61 Å². The third-order valence-electron chi connectivity index (χ3n) is 5.34. The van der Waals surface area contributed by atoms with E-state index in [1.807, 2.05) is 6.07 Å². The number of para-hydroxylation sites is 1. The lowest BCUT2D eigenvalue weighted by Gasteiger charge is -2.39. The van der Waals surface area contributed by atoms with Crippen LogP contribution in [0, 0.1) is 5.41 Å². The molecule has 2 N–H and O–H groups in total. The highest BCUT2D eigenvalue weighted by Gasteiger charge is 2.40. The van der Waals surface area contributed by atoms with E-state index in [9.17, 15) is 4.79 Å². The molecule has 0 aromatic heterocycles. The molecule has 7 heteroatoms. The van der Waals surface area contributed by atoms with Crippen LogP contribution in [0.2, 0.25) is 0 Å². The lowest BCUT2D eigenvalue weighted by Crippen LogP contribution is -2.55. The first-order valence-electron chi connectivity index (χ1n) is 9.04. The SMILES string of the molecule is COCC1(C(=O)NC2CCCN(c3ccccc3)C2)CCNCC1.Cl.Cl. The van der Waals surface area contributed by atoms with Crippen LogP contribution in [0.1, 0.15) is 25.7 Å². The van der Waals surface area contributed by atoms with Crippen molar-refractivity contribution in [3.05, 3.63) is 30.3 Å². The second kappa shape index (κ2) is 11.0. The van der Waals surface area contributed by atoms with Gasteiger partial charge < -0.3 is 20.3 Å². The van der Waals surface area contributed by atoms with Crippen molar-refractivity contribution in [1.82, 2.24) is 10.6 Å². The van der Waals surface area contributed by atoms with Crippen LogP contribution in [0.25, 0.3) is 0 Å². The fourth-order valence-corrected chi connectivity index (χ4v) is 3.93. The van der Waals surface area contributed by atoms with E-state index in [1.165, 1.54) is 5.69 Å². The van der Waals surface area contributed by atoms with Crippen molar-refractivity contribution in [3.63, 3.8) is 0 Å². The van der Waals surface area contributed by atoms with Crippen LogP contribution in [0.4, 0.5) is 5.69 Å². The predicted octanol–water partition coefficient (Wildman–Crippen LogP) is 2.63. The number of piperidine rings is 2. The summed E-state index contributed by atoms with van der Waals surface area (Å²) in [5.74, 6) is 0.172. The molecular formula is C19H31Cl2N3O2. The molecule has 2 fully saturated rings. The molecule has 5 nitrogen and oxygen atoms in total. The number of ether oxygens (including phenoxy) is 1. The van der Waals surface area contributed by atoms with Crippen molar-refractivity contribution < 1.29 is 9.53 Å². The smallest absolute Gasteiger partial charge is 0.228 e. The molecule has 1 aromatic carbocycles. The molecule has 0 spiro atoms. The number of rotatable bonds is 5. The third-order valence-corrected chi connectivity index (χ3v) is 5.34. The Morgan fingerprint density at radius 3 is 2.62 bits per heavy atom. The second-order valence-electron chi connectivity index (χ2n) is 7.06. The molecule has 148 valence electrons. The van der Waals surface area contributed by atoms with Crippen molar-refractivity contribution >= 4 is 36.4 Å². The maximum atomic E-state index is 13.0. The first-order chi connectivity index (χ1) is 11.7. The summed E-state index contributed by atoms with van der Waals surface area (Å²) < 4.78 is 5.39. The van der Waals surface area contributed by atoms with Gasteiger partial charge in [0.15, 0.2) is 0 Å². The zero-order chi connectivity index (χ0) is 16.8. The van der Waals surface area contributed by atoms with Crippen LogP contribution in [-0.4, -0.2) is 51.8 Å². The van der Waals surface area contributed by atoms with E-state index in [2.05, 4.69) is 39.8 Å². The molecule has 1 aromatic rings. The summed E-state index contributed by atoms with van der Waals surface area (Å²) in [6.45, 7) is 4.23. The average molecular weight is 404 g/mol. The maximum absolute atomic E-state index is 13.0. The van der Waals surface area contributed by atoms with Gasteiger partial charge in [-0.2, -0.15) is 0 Å². The van der Waals surface area contributed by atoms with Crippen LogP contribution < -0.4 is 15.5 Å². The highest BCUT2D eigenvalue weighted by molar-refractivity contribution is 5.85. The second-order valence-corrected chi connectivity index (χ2v) is 7.06. The number of amides is 1. The van der Waals surface area contributed by atoms with Gasteiger partial charge in [-0.1, -0.05) is 18.2 Å². The van der Waals surface area contributed by atoms with E-state index >= 15 is 0 Å². The van der Waals surface area contributed by atoms with Crippen LogP contribution in [0.5, 0.6) is 0 Å². The Kier molecular flexibility index (Phi) is 9.72. The first-order valence-corrected chi connectivity index (χ1v) is 9.04. The molecule has 2 saturated heterocycles. The zero-order valence-corrected chi connectivity index (χ0v) is 17.0. The molecule has 1 unspecified atom stereocenters. The van der Waals surface area contributed by atoms with E-state index in [0.717, 1.165) is 51.9 Å². The Bertz CT molecular complexity index is 533. The Morgan fingerprint density at radius 2 is 1.96 bits per heavy atom. The summed E-state index contributed by atoms with van der Waals surface area (Å²) in [4.78, 5) is 15.4. The number of methoxy groups -OCH3 is 1. The fraction of sp³-hybridized carbons (Fsp3) is 0.632. The molecule has 2 heterocycles. The first kappa shape index (κ1) is 23.0. The van der Waals surface area contributed by atoms with E-state index in [-0.39, 0.29) is 42.2 Å². The Hall–Kier alpha value is -1.01. The Labute approximate surface area is 169 Å². The number of carbonyl (C=O) groups excluding carboxylic acids is 1. The molecule has 0 aliphatic carbocycles. The van der Waals surface area contributed by atoms with Crippen molar-refractivity contribution in [2.75, 3.05) is 44.8 Å². The van der Waals surface area contributed by atoms with Crippen molar-refractivity contribution in [2.24, 2.45) is 5.41 Å². The molecule has 0 saturated carbocycles. The molecule has 0 bridgehead atoms. The summed E-state index contributed by atoms with van der Waals surface area (Å²) >= 11 is 0. The number of hydrogen-bond donors (Lipinski definition) is 2. The normalized spacial score (nSPS) is 21.9. The minimum atomic E-state index is -0.366. The van der Waals surface area contributed by atoms with Crippen molar-refractivity contribution in [2.45, 2.75) is 31.7 Å². The number of hydrogen-bond acceptors (Lipinski definition) is 4. The molecule has 2 aliphatic rings. The Morgan fingerprint density at radius 1 is 1.27 bits per heavy atom. The van der Waals surface area contributed by atoms with E-state index in [1.54, 1.807) is 7.11 Å². The topological polar surface area (TPSA) is 53.6 Å². The van der Waals surface area contributed by atoms with Gasteiger partial charge >= 0.3 is 0 Å². The van der Waals surface area contributed by atoms with E-state index < -0.39 is 0 Å². The maximum Gasteiger partial charge on any atom is 0.228 e. The number of benzene rings is 1. The zero-order valence-electron chi connectivity index (χ0n) is 15.4. The fourth-order valence-electron chi connectivity index (χ4n) is 3.93. The van der Waals surface area contributed by atoms with Crippen LogP contribution in [-0.2, 0) is 9.53 Å². The van der Waals surface area contributed by atoms with Gasteiger partial charge in [0.1, 0.15) is 0 Å². The summed E-state index contributed by atoms with van der Waals surface area (Å²) in [5.41, 5.74) is 0.875. The lowest BCUT2D eigenvalue weighted by molar-refractivity contribution is -0.137.